The molecule has 4 rings (SSSR count). The molecule has 0 aliphatic carbocycles. The molecule has 7 heteroatoms. The van der Waals surface area contributed by atoms with Gasteiger partial charge in [-0.15, -0.1) is 0 Å². The highest BCUT2D eigenvalue weighted by Crippen LogP contribution is 2.36. The van der Waals surface area contributed by atoms with Crippen LogP contribution in [0.3, 0.4) is 0 Å². The second-order valence-corrected chi connectivity index (χ2v) is 7.43. The second kappa shape index (κ2) is 7.62. The smallest absolute Gasteiger partial charge is 0.235 e. The van der Waals surface area contributed by atoms with Crippen molar-refractivity contribution in [1.82, 2.24) is 14.8 Å². The fourth-order valence-corrected chi connectivity index (χ4v) is 3.65. The van der Waals surface area contributed by atoms with Crippen LogP contribution in [0.4, 0.5) is 5.69 Å². The summed E-state index contributed by atoms with van der Waals surface area (Å²) in [7, 11) is 0. The summed E-state index contributed by atoms with van der Waals surface area (Å²) in [5, 5.41) is 7.20. The van der Waals surface area contributed by atoms with Crippen LogP contribution in [0, 0.1) is 0 Å². The first-order chi connectivity index (χ1) is 13.2. The lowest BCUT2D eigenvalue weighted by Gasteiger charge is -2.36. The lowest BCUT2D eigenvalue weighted by molar-refractivity contribution is -0.125. The lowest BCUT2D eigenvalue weighted by Crippen LogP contribution is -2.44. The average molecular weight is 427 g/mol. The van der Waals surface area contributed by atoms with Gasteiger partial charge in [-0.25, -0.2) is 9.67 Å². The van der Waals surface area contributed by atoms with Crippen molar-refractivity contribution < 1.29 is 9.53 Å². The van der Waals surface area contributed by atoms with Gasteiger partial charge in [-0.2, -0.15) is 5.10 Å². The molecule has 1 aliphatic heterocycles. The van der Waals surface area contributed by atoms with Crippen molar-refractivity contribution in [2.45, 2.75) is 18.3 Å². The predicted molar refractivity (Wildman–Crippen MR) is 106 cm³/mol. The maximum atomic E-state index is 13.3. The fourth-order valence-electron chi connectivity index (χ4n) is 3.39. The molecule has 6 nitrogen and oxygen atoms in total. The zero-order valence-corrected chi connectivity index (χ0v) is 16.2. The van der Waals surface area contributed by atoms with Gasteiger partial charge in [0.1, 0.15) is 0 Å². The van der Waals surface area contributed by atoms with Crippen molar-refractivity contribution in [3.8, 4) is 5.82 Å². The van der Waals surface area contributed by atoms with Crippen molar-refractivity contribution in [2.75, 3.05) is 18.5 Å². The van der Waals surface area contributed by atoms with E-state index in [1.807, 2.05) is 48.7 Å². The highest BCUT2D eigenvalue weighted by molar-refractivity contribution is 9.10. The second-order valence-electron chi connectivity index (χ2n) is 6.51. The zero-order chi connectivity index (χ0) is 18.7. The van der Waals surface area contributed by atoms with Crippen LogP contribution in [-0.2, 0) is 14.9 Å². The van der Waals surface area contributed by atoms with Gasteiger partial charge in [-0.1, -0.05) is 28.1 Å². The molecule has 1 N–H and O–H groups in total. The molecule has 0 saturated carbocycles. The minimum Gasteiger partial charge on any atom is -0.381 e. The number of hydrogen-bond donors (Lipinski definition) is 1. The van der Waals surface area contributed by atoms with E-state index in [1.165, 1.54) is 0 Å². The van der Waals surface area contributed by atoms with Crippen LogP contribution in [0.15, 0.2) is 65.5 Å². The quantitative estimate of drug-likeness (QED) is 0.689. The van der Waals surface area contributed by atoms with E-state index >= 15 is 0 Å². The number of carbonyl (C=O) groups is 1. The third-order valence-corrected chi connectivity index (χ3v) is 5.45. The Kier molecular flexibility index (Phi) is 5.05. The van der Waals surface area contributed by atoms with Gasteiger partial charge in [0.25, 0.3) is 0 Å². The largest absolute Gasteiger partial charge is 0.381 e. The molecule has 1 aromatic carbocycles. The van der Waals surface area contributed by atoms with E-state index in [0.717, 1.165) is 10.0 Å². The van der Waals surface area contributed by atoms with Crippen LogP contribution >= 0.6 is 15.9 Å². The number of aromatic nitrogens is 3. The number of amides is 1. The molecule has 0 unspecified atom stereocenters. The van der Waals surface area contributed by atoms with Gasteiger partial charge in [-0.3, -0.25) is 4.79 Å². The minimum atomic E-state index is -0.598. The number of halogens is 1. The van der Waals surface area contributed by atoms with Crippen LogP contribution in [0.1, 0.15) is 18.4 Å². The van der Waals surface area contributed by atoms with Crippen LogP contribution in [0.5, 0.6) is 0 Å². The molecule has 1 amide bonds. The number of nitrogens with one attached hydrogen (secondary N) is 1. The molecular formula is C20H19BrN4O2. The number of nitrogens with zero attached hydrogens (tertiary/aromatic N) is 3. The molecular weight excluding hydrogens is 408 g/mol. The van der Waals surface area contributed by atoms with E-state index < -0.39 is 5.41 Å². The summed E-state index contributed by atoms with van der Waals surface area (Å²) < 4.78 is 8.18. The number of ether oxygens (including phenoxy) is 1. The van der Waals surface area contributed by atoms with Gasteiger partial charge in [0.15, 0.2) is 5.82 Å². The first-order valence-corrected chi connectivity index (χ1v) is 9.58. The van der Waals surface area contributed by atoms with Crippen LogP contribution in [-0.4, -0.2) is 33.9 Å². The van der Waals surface area contributed by atoms with Gasteiger partial charge < -0.3 is 10.1 Å². The van der Waals surface area contributed by atoms with Crippen LogP contribution in [0.2, 0.25) is 0 Å². The Morgan fingerprint density at radius 3 is 2.56 bits per heavy atom. The minimum absolute atomic E-state index is 0.0261. The molecule has 1 saturated heterocycles. The molecule has 27 heavy (non-hydrogen) atoms. The Morgan fingerprint density at radius 2 is 1.93 bits per heavy atom. The van der Waals surface area contributed by atoms with Crippen molar-refractivity contribution in [3.63, 3.8) is 0 Å². The van der Waals surface area contributed by atoms with Gasteiger partial charge in [0, 0.05) is 30.1 Å². The van der Waals surface area contributed by atoms with E-state index in [-0.39, 0.29) is 5.91 Å². The van der Waals surface area contributed by atoms with Gasteiger partial charge in [0.2, 0.25) is 5.91 Å². The summed E-state index contributed by atoms with van der Waals surface area (Å²) in [6.07, 6.45) is 6.48. The molecule has 138 valence electrons. The molecule has 0 spiro atoms. The third kappa shape index (κ3) is 3.65. The monoisotopic (exact) mass is 426 g/mol. The molecule has 2 aromatic heterocycles. The van der Waals surface area contributed by atoms with E-state index in [2.05, 4.69) is 31.3 Å². The fraction of sp³-hybridized carbons (Fsp3) is 0.250. The standard InChI is InChI=1S/C20H19BrN4O2/c21-16-4-2-15(3-5-16)20(8-12-27-13-9-20)19(26)24-17-6-7-18(22-14-17)25-11-1-10-23-25/h1-7,10-11,14H,8-9,12-13H2,(H,24,26). The summed E-state index contributed by atoms with van der Waals surface area (Å²) in [5.74, 6) is 0.674. The summed E-state index contributed by atoms with van der Waals surface area (Å²) in [5.41, 5.74) is 1.08. The normalized spacial score (nSPS) is 16.0. The van der Waals surface area contributed by atoms with Gasteiger partial charge >= 0.3 is 0 Å². The highest BCUT2D eigenvalue weighted by Gasteiger charge is 2.41. The van der Waals surface area contributed by atoms with E-state index in [1.54, 1.807) is 17.1 Å². The highest BCUT2D eigenvalue weighted by atomic mass is 79.9. The summed E-state index contributed by atoms with van der Waals surface area (Å²) in [6, 6.07) is 13.5. The first kappa shape index (κ1) is 17.9. The van der Waals surface area contributed by atoms with Crippen molar-refractivity contribution >= 4 is 27.5 Å². The number of pyridine rings is 1. The molecule has 1 fully saturated rings. The molecule has 3 aromatic rings. The van der Waals surface area contributed by atoms with Gasteiger partial charge in [-0.05, 0) is 48.7 Å². The summed E-state index contributed by atoms with van der Waals surface area (Å²) in [6.45, 7) is 1.14. The number of anilines is 1. The maximum Gasteiger partial charge on any atom is 0.235 e. The molecule has 0 bridgehead atoms. The molecule has 0 radical (unpaired) electrons. The maximum absolute atomic E-state index is 13.3. The lowest BCUT2D eigenvalue weighted by atomic mass is 9.73. The number of hydrogen-bond acceptors (Lipinski definition) is 4. The Morgan fingerprint density at radius 1 is 1.15 bits per heavy atom. The number of rotatable bonds is 4. The summed E-state index contributed by atoms with van der Waals surface area (Å²) >= 11 is 3.46. The SMILES string of the molecule is O=C(Nc1ccc(-n2cccn2)nc1)C1(c2ccc(Br)cc2)CCOCC1. The van der Waals surface area contributed by atoms with Crippen molar-refractivity contribution in [1.29, 1.82) is 0 Å². The molecule has 1 aliphatic rings. The zero-order valence-electron chi connectivity index (χ0n) is 14.6. The average Bonchev–Trinajstić information content (AvgIpc) is 3.24. The van der Waals surface area contributed by atoms with Crippen LogP contribution < -0.4 is 5.32 Å². The van der Waals surface area contributed by atoms with Crippen molar-refractivity contribution in [2.24, 2.45) is 0 Å². The Bertz CT molecular complexity index is 902. The molecule has 0 atom stereocenters. The topological polar surface area (TPSA) is 69.0 Å². The Hall–Kier alpha value is -2.51. The summed E-state index contributed by atoms with van der Waals surface area (Å²) in [4.78, 5) is 17.6. The predicted octanol–water partition coefficient (Wildman–Crippen LogP) is 3.72. The third-order valence-electron chi connectivity index (χ3n) is 4.92. The van der Waals surface area contributed by atoms with E-state index in [4.69, 9.17) is 4.74 Å². The van der Waals surface area contributed by atoms with E-state index in [0.29, 0.717) is 37.6 Å². The molecule has 3 heterocycles. The Labute approximate surface area is 165 Å². The number of carbonyl (C=O) groups excluding carboxylic acids is 1. The van der Waals surface area contributed by atoms with Crippen molar-refractivity contribution in [3.05, 3.63) is 71.1 Å². The van der Waals surface area contributed by atoms with Gasteiger partial charge in [0.05, 0.1) is 17.3 Å². The first-order valence-electron chi connectivity index (χ1n) is 8.79. The number of benzene rings is 1. The van der Waals surface area contributed by atoms with E-state index in [9.17, 15) is 4.79 Å². The Balaban J connectivity index is 1.58. The van der Waals surface area contributed by atoms with Crippen LogP contribution in [0.25, 0.3) is 5.82 Å².